The first kappa shape index (κ1) is 12.5. The maximum atomic E-state index is 12.0. The molecule has 1 amide bonds. The zero-order valence-corrected chi connectivity index (χ0v) is 11.0. The maximum absolute atomic E-state index is 12.0. The Morgan fingerprint density at radius 1 is 1.35 bits per heavy atom. The van der Waals surface area contributed by atoms with Crippen LogP contribution in [-0.4, -0.2) is 23.1 Å². The predicted octanol–water partition coefficient (Wildman–Crippen LogP) is 3.85. The van der Waals surface area contributed by atoms with Crippen LogP contribution in [0, 0.1) is 0 Å². The summed E-state index contributed by atoms with van der Waals surface area (Å²) in [5, 5.41) is 0. The number of nitrogens with zero attached hydrogens (tertiary/aromatic N) is 1. The molecule has 0 N–H and O–H groups in total. The fourth-order valence-corrected chi connectivity index (χ4v) is 3.05. The minimum absolute atomic E-state index is 0.131. The van der Waals surface area contributed by atoms with Crippen molar-refractivity contribution in [2.45, 2.75) is 64.4 Å². The van der Waals surface area contributed by atoms with Gasteiger partial charge in [-0.15, -0.1) is 0 Å². The number of hydrogen-bond acceptors (Lipinski definition) is 2. The average molecular weight is 237 g/mol. The highest BCUT2D eigenvalue weighted by Gasteiger charge is 2.49. The van der Waals surface area contributed by atoms with E-state index in [-0.39, 0.29) is 11.7 Å². The Kier molecular flexibility index (Phi) is 3.75. The topological polar surface area (TPSA) is 29.5 Å². The molecule has 2 aliphatic rings. The molecule has 1 saturated heterocycles. The number of unbranched alkanes of at least 4 members (excludes halogenated alkanes) is 1. The minimum Gasteiger partial charge on any atom is -0.436 e. The van der Waals surface area contributed by atoms with Crippen LogP contribution in [0.4, 0.5) is 4.79 Å². The Hall–Kier alpha value is -0.990. The fourth-order valence-electron chi connectivity index (χ4n) is 3.05. The first-order valence-electron chi connectivity index (χ1n) is 6.91. The van der Waals surface area contributed by atoms with E-state index in [9.17, 15) is 4.79 Å². The third-order valence-electron chi connectivity index (χ3n) is 3.93. The number of carbonyl (C=O) groups excluding carboxylic acids is 1. The van der Waals surface area contributed by atoms with Crippen LogP contribution in [-0.2, 0) is 4.74 Å². The summed E-state index contributed by atoms with van der Waals surface area (Å²) in [5.41, 5.74) is 0.841. The van der Waals surface area contributed by atoms with Crippen LogP contribution in [0.25, 0.3) is 0 Å². The highest BCUT2D eigenvalue weighted by atomic mass is 16.6. The summed E-state index contributed by atoms with van der Waals surface area (Å²) >= 11 is 0. The van der Waals surface area contributed by atoms with Crippen molar-refractivity contribution in [3.05, 3.63) is 11.8 Å². The summed E-state index contributed by atoms with van der Waals surface area (Å²) in [4.78, 5) is 13.8. The van der Waals surface area contributed by atoms with Crippen LogP contribution in [0.2, 0.25) is 0 Å². The van der Waals surface area contributed by atoms with Gasteiger partial charge in [-0.3, -0.25) is 4.90 Å². The summed E-state index contributed by atoms with van der Waals surface area (Å²) in [5.74, 6) is 0. The third-order valence-corrected chi connectivity index (χ3v) is 3.93. The van der Waals surface area contributed by atoms with E-state index in [2.05, 4.69) is 13.0 Å². The van der Waals surface area contributed by atoms with E-state index >= 15 is 0 Å². The molecule has 0 aromatic carbocycles. The smallest absolute Gasteiger partial charge is 0.415 e. The van der Waals surface area contributed by atoms with Crippen molar-refractivity contribution in [3.63, 3.8) is 0 Å². The van der Waals surface area contributed by atoms with Crippen molar-refractivity contribution >= 4 is 6.09 Å². The lowest BCUT2D eigenvalue weighted by molar-refractivity contribution is 0.0398. The van der Waals surface area contributed by atoms with E-state index in [1.165, 1.54) is 19.3 Å². The number of carbonyl (C=O) groups is 1. The molecule has 0 aromatic heterocycles. The Morgan fingerprint density at radius 3 is 2.65 bits per heavy atom. The molecule has 0 unspecified atom stereocenters. The lowest BCUT2D eigenvalue weighted by Crippen LogP contribution is -2.34. The standard InChI is InChI=1S/C14H23NO2/c1-3-5-11-15-12(4-2)14(17-13(15)16)9-7-6-8-10-14/h4H,3,5-11H2,1-2H3/b12-4-. The van der Waals surface area contributed by atoms with Gasteiger partial charge in [0, 0.05) is 6.54 Å². The molecule has 0 bridgehead atoms. The molecule has 17 heavy (non-hydrogen) atoms. The fraction of sp³-hybridized carbons (Fsp3) is 0.786. The molecule has 2 rings (SSSR count). The molecule has 1 aliphatic carbocycles. The Bertz CT molecular complexity index is 316. The first-order chi connectivity index (χ1) is 8.23. The van der Waals surface area contributed by atoms with E-state index in [0.717, 1.165) is 37.9 Å². The second-order valence-corrected chi connectivity index (χ2v) is 5.10. The van der Waals surface area contributed by atoms with Crippen molar-refractivity contribution in [2.75, 3.05) is 6.54 Å². The predicted molar refractivity (Wildman–Crippen MR) is 67.7 cm³/mol. The minimum atomic E-state index is -0.280. The number of allylic oxidation sites excluding steroid dienone is 1. The lowest BCUT2D eigenvalue weighted by atomic mass is 9.82. The van der Waals surface area contributed by atoms with Crippen LogP contribution >= 0.6 is 0 Å². The van der Waals surface area contributed by atoms with Crippen molar-refractivity contribution in [3.8, 4) is 0 Å². The largest absolute Gasteiger partial charge is 0.436 e. The van der Waals surface area contributed by atoms with Gasteiger partial charge in [0.25, 0.3) is 0 Å². The van der Waals surface area contributed by atoms with Gasteiger partial charge in [0.2, 0.25) is 0 Å². The first-order valence-corrected chi connectivity index (χ1v) is 6.91. The molecule has 1 heterocycles. The van der Waals surface area contributed by atoms with Gasteiger partial charge in [-0.2, -0.15) is 0 Å². The summed E-state index contributed by atoms with van der Waals surface area (Å²) in [6, 6.07) is 0. The molecule has 1 saturated carbocycles. The quantitative estimate of drug-likeness (QED) is 0.746. The lowest BCUT2D eigenvalue weighted by Gasteiger charge is -2.32. The molecule has 0 aromatic rings. The van der Waals surface area contributed by atoms with E-state index in [1.807, 2.05) is 11.8 Å². The molecule has 3 nitrogen and oxygen atoms in total. The highest BCUT2D eigenvalue weighted by Crippen LogP contribution is 2.44. The number of amides is 1. The molecule has 0 atom stereocenters. The zero-order chi connectivity index (χ0) is 12.3. The maximum Gasteiger partial charge on any atom is 0.415 e. The number of ether oxygens (including phenoxy) is 1. The van der Waals surface area contributed by atoms with Gasteiger partial charge >= 0.3 is 6.09 Å². The number of hydrogen-bond donors (Lipinski definition) is 0. The summed E-state index contributed by atoms with van der Waals surface area (Å²) < 4.78 is 5.72. The molecule has 2 fully saturated rings. The van der Waals surface area contributed by atoms with E-state index in [4.69, 9.17) is 4.74 Å². The average Bonchev–Trinajstić information content (AvgIpc) is 2.59. The monoisotopic (exact) mass is 237 g/mol. The Labute approximate surface area is 104 Å². The van der Waals surface area contributed by atoms with Crippen molar-refractivity contribution < 1.29 is 9.53 Å². The van der Waals surface area contributed by atoms with E-state index < -0.39 is 0 Å². The van der Waals surface area contributed by atoms with Crippen molar-refractivity contribution in [2.24, 2.45) is 0 Å². The third kappa shape index (κ3) is 2.20. The van der Waals surface area contributed by atoms with Crippen LogP contribution in [0.15, 0.2) is 11.8 Å². The van der Waals surface area contributed by atoms with Crippen LogP contribution in [0.1, 0.15) is 58.8 Å². The van der Waals surface area contributed by atoms with Crippen LogP contribution in [0.3, 0.4) is 0 Å². The summed E-state index contributed by atoms with van der Waals surface area (Å²) in [6.45, 7) is 4.97. The van der Waals surface area contributed by atoms with Gasteiger partial charge in [-0.1, -0.05) is 25.8 Å². The van der Waals surface area contributed by atoms with Crippen molar-refractivity contribution in [1.82, 2.24) is 4.90 Å². The second kappa shape index (κ2) is 5.11. The van der Waals surface area contributed by atoms with Gasteiger partial charge in [-0.05, 0) is 39.0 Å². The summed E-state index contributed by atoms with van der Waals surface area (Å²) in [7, 11) is 0. The van der Waals surface area contributed by atoms with E-state index in [1.54, 1.807) is 0 Å². The Balaban J connectivity index is 2.17. The van der Waals surface area contributed by atoms with Gasteiger partial charge in [-0.25, -0.2) is 4.79 Å². The molecule has 96 valence electrons. The molecular formula is C14H23NO2. The normalized spacial score (nSPS) is 25.6. The van der Waals surface area contributed by atoms with E-state index in [0.29, 0.717) is 0 Å². The number of rotatable bonds is 3. The zero-order valence-electron chi connectivity index (χ0n) is 11.0. The molecule has 1 aliphatic heterocycles. The Morgan fingerprint density at radius 2 is 2.06 bits per heavy atom. The molecule has 0 radical (unpaired) electrons. The van der Waals surface area contributed by atoms with Gasteiger partial charge < -0.3 is 4.74 Å². The second-order valence-electron chi connectivity index (χ2n) is 5.10. The molecule has 1 spiro atoms. The molecular weight excluding hydrogens is 214 g/mol. The van der Waals surface area contributed by atoms with Gasteiger partial charge in [0.1, 0.15) is 0 Å². The van der Waals surface area contributed by atoms with Gasteiger partial charge in [0.05, 0.1) is 5.70 Å². The SMILES string of the molecule is C/C=C1\N(CCCC)C(=O)OC12CCCCC2. The van der Waals surface area contributed by atoms with Crippen LogP contribution < -0.4 is 0 Å². The summed E-state index contributed by atoms with van der Waals surface area (Å²) in [6.07, 6.45) is 9.71. The van der Waals surface area contributed by atoms with Crippen LogP contribution in [0.5, 0.6) is 0 Å². The highest BCUT2D eigenvalue weighted by molar-refractivity contribution is 5.75. The molecule has 3 heteroatoms. The van der Waals surface area contributed by atoms with Crippen molar-refractivity contribution in [1.29, 1.82) is 0 Å². The van der Waals surface area contributed by atoms with Gasteiger partial charge in [0.15, 0.2) is 5.60 Å².